The summed E-state index contributed by atoms with van der Waals surface area (Å²) in [6.07, 6.45) is 0. The van der Waals surface area contributed by atoms with Crippen molar-refractivity contribution in [2.75, 3.05) is 32.9 Å². The fourth-order valence-corrected chi connectivity index (χ4v) is 2.29. The van der Waals surface area contributed by atoms with E-state index in [0.717, 1.165) is 38.6 Å². The van der Waals surface area contributed by atoms with E-state index >= 15 is 0 Å². The molecule has 3 nitrogen and oxygen atoms in total. The maximum atomic E-state index is 6.26. The average molecular weight is 284 g/mol. The molecule has 0 radical (unpaired) electrons. The number of morpholine rings is 1. The Morgan fingerprint density at radius 3 is 2.68 bits per heavy atom. The molecule has 19 heavy (non-hydrogen) atoms. The van der Waals surface area contributed by atoms with E-state index in [1.165, 1.54) is 5.56 Å². The number of hydrogen-bond donors (Lipinski definition) is 0. The number of halogens is 1. The monoisotopic (exact) mass is 283 g/mol. The lowest BCUT2D eigenvalue weighted by molar-refractivity contribution is 0.0342. The number of benzene rings is 1. The third-order valence-corrected chi connectivity index (χ3v) is 3.37. The Bertz CT molecular complexity index is 403. The molecule has 0 atom stereocenters. The molecule has 0 bridgehead atoms. The molecule has 1 aromatic rings. The predicted octanol–water partition coefficient (Wildman–Crippen LogP) is 3.21. The number of hydrogen-bond acceptors (Lipinski definition) is 3. The second-order valence-corrected chi connectivity index (χ2v) is 5.77. The zero-order valence-corrected chi connectivity index (χ0v) is 12.4. The summed E-state index contributed by atoms with van der Waals surface area (Å²) < 4.78 is 11.0. The first-order valence-corrected chi connectivity index (χ1v) is 7.24. The highest BCUT2D eigenvalue weighted by atomic mass is 35.5. The summed E-state index contributed by atoms with van der Waals surface area (Å²) in [6.45, 7) is 9.50. The molecule has 2 rings (SSSR count). The number of ether oxygens (including phenoxy) is 2. The Morgan fingerprint density at radius 2 is 2.05 bits per heavy atom. The first-order chi connectivity index (χ1) is 9.15. The third-order valence-electron chi connectivity index (χ3n) is 3.08. The molecule has 1 saturated heterocycles. The van der Waals surface area contributed by atoms with Crippen molar-refractivity contribution in [1.82, 2.24) is 4.90 Å². The summed E-state index contributed by atoms with van der Waals surface area (Å²) in [5.74, 6) is 1.28. The zero-order chi connectivity index (χ0) is 13.7. The van der Waals surface area contributed by atoms with Crippen LogP contribution in [-0.4, -0.2) is 37.8 Å². The molecule has 4 heteroatoms. The van der Waals surface area contributed by atoms with Gasteiger partial charge in [-0.15, -0.1) is 0 Å². The van der Waals surface area contributed by atoms with Crippen molar-refractivity contribution in [3.63, 3.8) is 0 Å². The van der Waals surface area contributed by atoms with Crippen molar-refractivity contribution in [1.29, 1.82) is 0 Å². The van der Waals surface area contributed by atoms with E-state index in [2.05, 4.69) is 24.8 Å². The Hall–Kier alpha value is -0.770. The molecular weight excluding hydrogens is 262 g/mol. The van der Waals surface area contributed by atoms with Crippen LogP contribution >= 0.6 is 11.6 Å². The fraction of sp³-hybridized carbons (Fsp3) is 0.600. The lowest BCUT2D eigenvalue weighted by atomic mass is 10.2. The molecule has 0 saturated carbocycles. The van der Waals surface area contributed by atoms with E-state index in [1.807, 2.05) is 12.1 Å². The molecule has 1 fully saturated rings. The van der Waals surface area contributed by atoms with Crippen LogP contribution < -0.4 is 4.74 Å². The highest BCUT2D eigenvalue weighted by Crippen LogP contribution is 2.26. The highest BCUT2D eigenvalue weighted by molar-refractivity contribution is 6.32. The van der Waals surface area contributed by atoms with Crippen LogP contribution in [-0.2, 0) is 11.3 Å². The van der Waals surface area contributed by atoms with Crippen LogP contribution in [0.15, 0.2) is 18.2 Å². The van der Waals surface area contributed by atoms with Crippen molar-refractivity contribution in [2.24, 2.45) is 5.92 Å². The number of nitrogens with zero attached hydrogens (tertiary/aromatic N) is 1. The molecule has 1 aromatic carbocycles. The molecule has 0 aromatic heterocycles. The summed E-state index contributed by atoms with van der Waals surface area (Å²) >= 11 is 6.26. The smallest absolute Gasteiger partial charge is 0.137 e. The summed E-state index contributed by atoms with van der Waals surface area (Å²) in [4.78, 5) is 2.38. The van der Waals surface area contributed by atoms with Gasteiger partial charge in [0, 0.05) is 19.6 Å². The SMILES string of the molecule is CC(C)COc1ccc(CN2CCOCC2)cc1Cl. The van der Waals surface area contributed by atoms with Crippen LogP contribution in [0.4, 0.5) is 0 Å². The first-order valence-electron chi connectivity index (χ1n) is 6.86. The van der Waals surface area contributed by atoms with Gasteiger partial charge in [0.2, 0.25) is 0 Å². The van der Waals surface area contributed by atoms with Gasteiger partial charge in [-0.05, 0) is 23.6 Å². The molecule has 1 aliphatic rings. The number of rotatable bonds is 5. The van der Waals surface area contributed by atoms with E-state index in [0.29, 0.717) is 17.5 Å². The van der Waals surface area contributed by atoms with Gasteiger partial charge in [0.25, 0.3) is 0 Å². The topological polar surface area (TPSA) is 21.7 Å². The second kappa shape index (κ2) is 7.13. The van der Waals surface area contributed by atoms with Crippen molar-refractivity contribution >= 4 is 11.6 Å². The maximum Gasteiger partial charge on any atom is 0.137 e. The van der Waals surface area contributed by atoms with Gasteiger partial charge < -0.3 is 9.47 Å². The van der Waals surface area contributed by atoms with E-state index in [4.69, 9.17) is 21.1 Å². The van der Waals surface area contributed by atoms with Crippen LogP contribution in [0.5, 0.6) is 5.75 Å². The van der Waals surface area contributed by atoms with E-state index in [-0.39, 0.29) is 0 Å². The van der Waals surface area contributed by atoms with Crippen molar-refractivity contribution in [3.05, 3.63) is 28.8 Å². The van der Waals surface area contributed by atoms with Crippen molar-refractivity contribution in [2.45, 2.75) is 20.4 Å². The van der Waals surface area contributed by atoms with Gasteiger partial charge in [-0.1, -0.05) is 31.5 Å². The van der Waals surface area contributed by atoms with E-state index < -0.39 is 0 Å². The molecule has 0 amide bonds. The molecule has 106 valence electrons. The minimum absolute atomic E-state index is 0.504. The Balaban J connectivity index is 1.93. The van der Waals surface area contributed by atoms with Gasteiger partial charge in [-0.3, -0.25) is 4.90 Å². The van der Waals surface area contributed by atoms with Gasteiger partial charge >= 0.3 is 0 Å². The van der Waals surface area contributed by atoms with Crippen molar-refractivity contribution in [3.8, 4) is 5.75 Å². The molecule has 0 unspecified atom stereocenters. The average Bonchev–Trinajstić information content (AvgIpc) is 2.39. The summed E-state index contributed by atoms with van der Waals surface area (Å²) in [5.41, 5.74) is 1.23. The normalized spacial score (nSPS) is 16.8. The zero-order valence-electron chi connectivity index (χ0n) is 11.7. The van der Waals surface area contributed by atoms with Gasteiger partial charge in [0.15, 0.2) is 0 Å². The van der Waals surface area contributed by atoms with Crippen LogP contribution in [0.1, 0.15) is 19.4 Å². The van der Waals surface area contributed by atoms with Crippen LogP contribution in [0.25, 0.3) is 0 Å². The van der Waals surface area contributed by atoms with Gasteiger partial charge in [-0.2, -0.15) is 0 Å². The Morgan fingerprint density at radius 1 is 1.32 bits per heavy atom. The summed E-state index contributed by atoms with van der Waals surface area (Å²) in [5, 5.41) is 0.700. The highest BCUT2D eigenvalue weighted by Gasteiger charge is 2.12. The van der Waals surface area contributed by atoms with Crippen LogP contribution in [0.3, 0.4) is 0 Å². The van der Waals surface area contributed by atoms with Crippen LogP contribution in [0.2, 0.25) is 5.02 Å². The fourth-order valence-electron chi connectivity index (χ4n) is 2.03. The van der Waals surface area contributed by atoms with Gasteiger partial charge in [0.1, 0.15) is 5.75 Å². The van der Waals surface area contributed by atoms with Crippen molar-refractivity contribution < 1.29 is 9.47 Å². The minimum Gasteiger partial charge on any atom is -0.492 e. The molecule has 0 N–H and O–H groups in total. The van der Waals surface area contributed by atoms with Gasteiger partial charge in [-0.25, -0.2) is 0 Å². The standard InChI is InChI=1S/C15H22ClNO2/c1-12(2)11-19-15-4-3-13(9-14(15)16)10-17-5-7-18-8-6-17/h3-4,9,12H,5-8,10-11H2,1-2H3. The summed E-state index contributed by atoms with van der Waals surface area (Å²) in [7, 11) is 0. The maximum absolute atomic E-state index is 6.26. The van der Waals surface area contributed by atoms with E-state index in [9.17, 15) is 0 Å². The molecule has 0 aliphatic carbocycles. The lowest BCUT2D eigenvalue weighted by Gasteiger charge is -2.26. The molecule has 1 aliphatic heterocycles. The third kappa shape index (κ3) is 4.68. The quantitative estimate of drug-likeness (QED) is 0.828. The molecule has 0 spiro atoms. The Labute approximate surface area is 120 Å². The second-order valence-electron chi connectivity index (χ2n) is 5.36. The van der Waals surface area contributed by atoms with E-state index in [1.54, 1.807) is 0 Å². The predicted molar refractivity (Wildman–Crippen MR) is 77.9 cm³/mol. The lowest BCUT2D eigenvalue weighted by Crippen LogP contribution is -2.35. The first kappa shape index (κ1) is 14.6. The largest absolute Gasteiger partial charge is 0.492 e. The molecule has 1 heterocycles. The van der Waals surface area contributed by atoms with Crippen LogP contribution in [0, 0.1) is 5.92 Å². The molecular formula is C15H22ClNO2. The van der Waals surface area contributed by atoms with Gasteiger partial charge in [0.05, 0.1) is 24.8 Å². The Kier molecular flexibility index (Phi) is 5.49. The minimum atomic E-state index is 0.504. The summed E-state index contributed by atoms with van der Waals surface area (Å²) in [6, 6.07) is 6.07.